The van der Waals surface area contributed by atoms with E-state index in [1.165, 1.54) is 11.1 Å². The Morgan fingerprint density at radius 1 is 1.47 bits per heavy atom. The normalized spacial score (nSPS) is 23.1. The summed E-state index contributed by atoms with van der Waals surface area (Å²) < 4.78 is 1.89. The number of likely N-dealkylation sites (N-methyl/N-ethyl adjacent to an activating group) is 1. The highest BCUT2D eigenvalue weighted by atomic mass is 16.1. The molecule has 0 aromatic carbocycles. The van der Waals surface area contributed by atoms with Gasteiger partial charge in [-0.3, -0.25) is 9.36 Å². The number of pyridine rings is 1. The first-order valence-corrected chi connectivity index (χ1v) is 5.39. The van der Waals surface area contributed by atoms with Crippen LogP contribution in [0.15, 0.2) is 10.9 Å². The Morgan fingerprint density at radius 2 is 2.27 bits per heavy atom. The Hall–Kier alpha value is -1.29. The number of rotatable bonds is 0. The smallest absolute Gasteiger partial charge is 0.252 e. The van der Waals surface area contributed by atoms with Gasteiger partial charge >= 0.3 is 0 Å². The topological polar surface area (TPSA) is 37.3 Å². The van der Waals surface area contributed by atoms with Gasteiger partial charge in [-0.15, -0.1) is 0 Å². The highest BCUT2D eigenvalue weighted by molar-refractivity contribution is 5.56. The molecule has 0 saturated heterocycles. The molecule has 4 nitrogen and oxygen atoms in total. The van der Waals surface area contributed by atoms with E-state index in [9.17, 15) is 4.79 Å². The van der Waals surface area contributed by atoms with Crippen LogP contribution in [0.3, 0.4) is 0 Å². The molecule has 1 unspecified atom stereocenters. The summed E-state index contributed by atoms with van der Waals surface area (Å²) in [5.74, 6) is 1.12. The van der Waals surface area contributed by atoms with Gasteiger partial charge in [-0.25, -0.2) is 0 Å². The molecule has 4 heteroatoms. The van der Waals surface area contributed by atoms with Gasteiger partial charge in [0.25, 0.3) is 5.56 Å². The van der Waals surface area contributed by atoms with E-state index in [-0.39, 0.29) is 5.56 Å². The lowest BCUT2D eigenvalue weighted by atomic mass is 10.1. The third-order valence-corrected chi connectivity index (χ3v) is 3.46. The second-order valence-electron chi connectivity index (χ2n) is 4.42. The monoisotopic (exact) mass is 205 g/mol. The van der Waals surface area contributed by atoms with Crippen LogP contribution in [-0.2, 0) is 13.1 Å². The molecule has 1 N–H and O–H groups in total. The van der Waals surface area contributed by atoms with Crippen molar-refractivity contribution in [2.45, 2.75) is 26.1 Å². The number of aromatic nitrogens is 1. The molecule has 0 radical (unpaired) electrons. The second kappa shape index (κ2) is 2.85. The van der Waals surface area contributed by atoms with Crippen LogP contribution >= 0.6 is 0 Å². The zero-order valence-corrected chi connectivity index (χ0v) is 9.08. The molecule has 0 bridgehead atoms. The summed E-state index contributed by atoms with van der Waals surface area (Å²) in [4.78, 5) is 14.0. The van der Waals surface area contributed by atoms with Crippen molar-refractivity contribution in [3.05, 3.63) is 27.5 Å². The van der Waals surface area contributed by atoms with Gasteiger partial charge in [-0.1, -0.05) is 0 Å². The minimum absolute atomic E-state index is 0.143. The summed E-state index contributed by atoms with van der Waals surface area (Å²) in [5, 5.41) is 3.38. The fourth-order valence-corrected chi connectivity index (χ4v) is 2.66. The molecule has 80 valence electrons. The van der Waals surface area contributed by atoms with Gasteiger partial charge in [0.05, 0.1) is 0 Å². The molecular formula is C11H15N3O. The fraction of sp³-hybridized carbons (Fsp3) is 0.545. The highest BCUT2D eigenvalue weighted by Crippen LogP contribution is 2.34. The van der Waals surface area contributed by atoms with Crippen LogP contribution in [0.2, 0.25) is 0 Å². The molecule has 0 amide bonds. The predicted octanol–water partition coefficient (Wildman–Crippen LogP) is 0.462. The van der Waals surface area contributed by atoms with Crippen molar-refractivity contribution in [1.29, 1.82) is 0 Å². The first kappa shape index (κ1) is 8.97. The Labute approximate surface area is 88.5 Å². The maximum Gasteiger partial charge on any atom is 0.252 e. The molecule has 0 saturated carbocycles. The number of nitrogens with zero attached hydrogens (tertiary/aromatic N) is 2. The Bertz CT molecular complexity index is 477. The zero-order chi connectivity index (χ0) is 10.6. The Morgan fingerprint density at radius 3 is 3.07 bits per heavy atom. The van der Waals surface area contributed by atoms with Crippen molar-refractivity contribution in [3.8, 4) is 0 Å². The third-order valence-electron chi connectivity index (χ3n) is 3.46. The zero-order valence-electron chi connectivity index (χ0n) is 9.08. The van der Waals surface area contributed by atoms with Gasteiger partial charge in [0.15, 0.2) is 0 Å². The molecular weight excluding hydrogens is 190 g/mol. The second-order valence-corrected chi connectivity index (χ2v) is 4.42. The molecule has 1 aromatic rings. The first-order valence-electron chi connectivity index (χ1n) is 5.39. The van der Waals surface area contributed by atoms with E-state index in [1.54, 1.807) is 6.07 Å². The number of fused-ring (bicyclic) bond motifs is 3. The lowest BCUT2D eigenvalue weighted by Gasteiger charge is -2.17. The summed E-state index contributed by atoms with van der Waals surface area (Å²) in [6.45, 7) is 4.75. The van der Waals surface area contributed by atoms with Crippen LogP contribution in [0.5, 0.6) is 0 Å². The molecule has 2 aliphatic heterocycles. The molecule has 1 atom stereocenters. The van der Waals surface area contributed by atoms with Gasteiger partial charge in [0, 0.05) is 44.4 Å². The van der Waals surface area contributed by atoms with E-state index in [0.29, 0.717) is 6.04 Å². The van der Waals surface area contributed by atoms with Crippen molar-refractivity contribution in [2.75, 3.05) is 18.5 Å². The van der Waals surface area contributed by atoms with E-state index in [2.05, 4.69) is 24.2 Å². The number of nitrogens with one attached hydrogen (secondary N) is 1. The van der Waals surface area contributed by atoms with E-state index in [0.717, 1.165) is 25.5 Å². The maximum atomic E-state index is 11.8. The molecule has 1 aromatic heterocycles. The van der Waals surface area contributed by atoms with Crippen LogP contribution < -0.4 is 15.8 Å². The average Bonchev–Trinajstić information content (AvgIpc) is 2.72. The molecule has 0 spiro atoms. The average molecular weight is 205 g/mol. The standard InChI is InChI=1S/C11H15N3O/c1-7-10-8(6-12-7)5-9(15)14-4-3-13(2)11(10)14/h5,7,12H,3-4,6H2,1-2H3. The predicted molar refractivity (Wildman–Crippen MR) is 59.2 cm³/mol. The highest BCUT2D eigenvalue weighted by Gasteiger charge is 2.29. The lowest BCUT2D eigenvalue weighted by molar-refractivity contribution is 0.632. The van der Waals surface area contributed by atoms with E-state index < -0.39 is 0 Å². The van der Waals surface area contributed by atoms with Gasteiger partial charge in [0.2, 0.25) is 0 Å². The summed E-state index contributed by atoms with van der Waals surface area (Å²) in [5.41, 5.74) is 2.63. The molecule has 2 aliphatic rings. The summed E-state index contributed by atoms with van der Waals surface area (Å²) in [6, 6.07) is 2.15. The van der Waals surface area contributed by atoms with Crippen molar-refractivity contribution < 1.29 is 0 Å². The van der Waals surface area contributed by atoms with Gasteiger partial charge in [0.1, 0.15) is 5.82 Å². The summed E-state index contributed by atoms with van der Waals surface area (Å²) in [6.07, 6.45) is 0. The molecule has 3 rings (SSSR count). The minimum atomic E-state index is 0.143. The Balaban J connectivity index is 2.34. The number of hydrogen-bond acceptors (Lipinski definition) is 3. The largest absolute Gasteiger partial charge is 0.359 e. The van der Waals surface area contributed by atoms with Gasteiger partial charge in [-0.05, 0) is 12.5 Å². The third kappa shape index (κ3) is 1.08. The van der Waals surface area contributed by atoms with Gasteiger partial charge in [-0.2, -0.15) is 0 Å². The van der Waals surface area contributed by atoms with Crippen molar-refractivity contribution in [3.63, 3.8) is 0 Å². The van der Waals surface area contributed by atoms with Crippen LogP contribution in [0.1, 0.15) is 24.1 Å². The number of hydrogen-bond donors (Lipinski definition) is 1. The van der Waals surface area contributed by atoms with Crippen LogP contribution in [0.25, 0.3) is 0 Å². The first-order chi connectivity index (χ1) is 7.18. The molecule has 3 heterocycles. The van der Waals surface area contributed by atoms with Crippen LogP contribution in [0.4, 0.5) is 5.82 Å². The molecule has 0 aliphatic carbocycles. The Kier molecular flexibility index (Phi) is 1.71. The van der Waals surface area contributed by atoms with E-state index in [4.69, 9.17) is 0 Å². The van der Waals surface area contributed by atoms with Crippen molar-refractivity contribution in [2.24, 2.45) is 0 Å². The molecule has 15 heavy (non-hydrogen) atoms. The maximum absolute atomic E-state index is 11.8. The molecule has 0 fully saturated rings. The quantitative estimate of drug-likeness (QED) is 0.668. The van der Waals surface area contributed by atoms with Crippen molar-refractivity contribution >= 4 is 5.82 Å². The fourth-order valence-electron chi connectivity index (χ4n) is 2.66. The van der Waals surface area contributed by atoms with E-state index >= 15 is 0 Å². The van der Waals surface area contributed by atoms with Crippen molar-refractivity contribution in [1.82, 2.24) is 9.88 Å². The minimum Gasteiger partial charge on any atom is -0.359 e. The lowest BCUT2D eigenvalue weighted by Crippen LogP contribution is -2.20. The van der Waals surface area contributed by atoms with Crippen LogP contribution in [-0.4, -0.2) is 18.2 Å². The van der Waals surface area contributed by atoms with Crippen LogP contribution in [0, 0.1) is 0 Å². The summed E-state index contributed by atoms with van der Waals surface area (Å²) in [7, 11) is 2.06. The summed E-state index contributed by atoms with van der Waals surface area (Å²) >= 11 is 0. The number of anilines is 1. The van der Waals surface area contributed by atoms with Gasteiger partial charge < -0.3 is 10.2 Å². The SMILES string of the molecule is CC1NCc2cc(=O)n3c(c21)N(C)CC3. The van der Waals surface area contributed by atoms with E-state index in [1.807, 2.05) is 4.57 Å².